The highest BCUT2D eigenvalue weighted by molar-refractivity contribution is 5.74. The lowest BCUT2D eigenvalue weighted by Gasteiger charge is -2.47. The van der Waals surface area contributed by atoms with Crippen LogP contribution in [0.1, 0.15) is 45.4 Å². The molecule has 1 aliphatic heterocycles. The van der Waals surface area contributed by atoms with Crippen LogP contribution in [0.2, 0.25) is 0 Å². The Kier molecular flexibility index (Phi) is 3.59. The van der Waals surface area contributed by atoms with Gasteiger partial charge in [0, 0.05) is 32.1 Å². The summed E-state index contributed by atoms with van der Waals surface area (Å²) < 4.78 is 1.84. The fourth-order valence-corrected chi connectivity index (χ4v) is 3.38. The summed E-state index contributed by atoms with van der Waals surface area (Å²) in [4.78, 5) is 14.2. The molecule has 7 nitrogen and oxygen atoms in total. The number of aromatic nitrogens is 4. The van der Waals surface area contributed by atoms with Gasteiger partial charge < -0.3 is 10.2 Å². The molecule has 1 aromatic rings. The SMILES string of the molecule is CN(C(=O)NC1CCc2nnnn2CC1)C1CC(C)(C)C1. The van der Waals surface area contributed by atoms with Crippen molar-refractivity contribution in [3.63, 3.8) is 0 Å². The topological polar surface area (TPSA) is 75.9 Å². The van der Waals surface area contributed by atoms with Crippen molar-refractivity contribution in [2.75, 3.05) is 7.05 Å². The van der Waals surface area contributed by atoms with Gasteiger partial charge in [-0.15, -0.1) is 5.10 Å². The van der Waals surface area contributed by atoms with Crippen molar-refractivity contribution in [1.82, 2.24) is 30.4 Å². The zero-order valence-electron chi connectivity index (χ0n) is 13.0. The number of fused-ring (bicyclic) bond motifs is 1. The fourth-order valence-electron chi connectivity index (χ4n) is 3.38. The van der Waals surface area contributed by atoms with Gasteiger partial charge in [0.1, 0.15) is 0 Å². The Balaban J connectivity index is 1.50. The van der Waals surface area contributed by atoms with Gasteiger partial charge >= 0.3 is 6.03 Å². The number of carbonyl (C=O) groups is 1. The van der Waals surface area contributed by atoms with Crippen molar-refractivity contribution in [1.29, 1.82) is 0 Å². The minimum Gasteiger partial charge on any atom is -0.335 e. The van der Waals surface area contributed by atoms with Crippen LogP contribution in [-0.4, -0.2) is 50.3 Å². The summed E-state index contributed by atoms with van der Waals surface area (Å²) in [6, 6.07) is 0.620. The number of carbonyl (C=O) groups excluding carboxylic acids is 1. The molecule has 1 N–H and O–H groups in total. The normalized spacial score (nSPS) is 24.6. The van der Waals surface area contributed by atoms with Crippen LogP contribution in [0, 0.1) is 5.41 Å². The number of hydrogen-bond acceptors (Lipinski definition) is 4. The molecule has 0 radical (unpaired) electrons. The monoisotopic (exact) mass is 292 g/mol. The quantitative estimate of drug-likeness (QED) is 0.889. The van der Waals surface area contributed by atoms with Gasteiger partial charge in [-0.3, -0.25) is 0 Å². The Morgan fingerprint density at radius 2 is 2.14 bits per heavy atom. The van der Waals surface area contributed by atoms with E-state index in [0.717, 1.165) is 44.5 Å². The predicted octanol–water partition coefficient (Wildman–Crippen LogP) is 1.21. The van der Waals surface area contributed by atoms with Crippen molar-refractivity contribution >= 4 is 6.03 Å². The Morgan fingerprint density at radius 1 is 1.38 bits per heavy atom. The largest absolute Gasteiger partial charge is 0.335 e. The van der Waals surface area contributed by atoms with Crippen LogP contribution in [0.25, 0.3) is 0 Å². The van der Waals surface area contributed by atoms with Crippen molar-refractivity contribution in [3.05, 3.63) is 5.82 Å². The zero-order valence-corrected chi connectivity index (χ0v) is 13.0. The van der Waals surface area contributed by atoms with Crippen molar-refractivity contribution in [3.8, 4) is 0 Å². The standard InChI is InChI=1S/C14H24N6O/c1-14(2)8-11(9-14)19(3)13(21)15-10-4-5-12-16-17-18-20(12)7-6-10/h10-11H,4-9H2,1-3H3,(H,15,21). The highest BCUT2D eigenvalue weighted by atomic mass is 16.2. The maximum Gasteiger partial charge on any atom is 0.317 e. The van der Waals surface area contributed by atoms with Crippen LogP contribution in [0.3, 0.4) is 0 Å². The van der Waals surface area contributed by atoms with Gasteiger partial charge in [-0.2, -0.15) is 0 Å². The molecule has 1 atom stereocenters. The Bertz CT molecular complexity index is 495. The first-order valence-electron chi connectivity index (χ1n) is 7.73. The number of rotatable bonds is 2. The van der Waals surface area contributed by atoms with E-state index in [0.29, 0.717) is 11.5 Å². The lowest BCUT2D eigenvalue weighted by atomic mass is 9.68. The second kappa shape index (κ2) is 5.27. The molecule has 2 heterocycles. The molecule has 2 aliphatic rings. The summed E-state index contributed by atoms with van der Waals surface area (Å²) in [5.41, 5.74) is 0.384. The first-order chi connectivity index (χ1) is 9.94. The van der Waals surface area contributed by atoms with E-state index in [1.54, 1.807) is 0 Å². The lowest BCUT2D eigenvalue weighted by molar-refractivity contribution is 0.0592. The molecular weight excluding hydrogens is 268 g/mol. The van der Waals surface area contributed by atoms with Gasteiger partial charge in [0.2, 0.25) is 0 Å². The Morgan fingerprint density at radius 3 is 2.86 bits per heavy atom. The van der Waals surface area contributed by atoms with E-state index in [-0.39, 0.29) is 12.1 Å². The van der Waals surface area contributed by atoms with Gasteiger partial charge in [0.25, 0.3) is 0 Å². The summed E-state index contributed by atoms with van der Waals surface area (Å²) in [6.07, 6.45) is 4.78. The molecule has 7 heteroatoms. The second-order valence-electron chi connectivity index (χ2n) is 7.13. The van der Waals surface area contributed by atoms with E-state index in [2.05, 4.69) is 34.7 Å². The van der Waals surface area contributed by atoms with Gasteiger partial charge in [-0.25, -0.2) is 9.48 Å². The molecule has 116 valence electrons. The first-order valence-corrected chi connectivity index (χ1v) is 7.73. The summed E-state index contributed by atoms with van der Waals surface area (Å²) in [7, 11) is 1.91. The number of amides is 2. The maximum atomic E-state index is 12.3. The van der Waals surface area contributed by atoms with Crippen LogP contribution < -0.4 is 5.32 Å². The lowest BCUT2D eigenvalue weighted by Crippen LogP contribution is -2.53. The van der Waals surface area contributed by atoms with Gasteiger partial charge in [0.05, 0.1) is 0 Å². The zero-order chi connectivity index (χ0) is 15.0. The third-order valence-corrected chi connectivity index (χ3v) is 4.78. The highest BCUT2D eigenvalue weighted by Gasteiger charge is 2.40. The third-order valence-electron chi connectivity index (χ3n) is 4.78. The highest BCUT2D eigenvalue weighted by Crippen LogP contribution is 2.42. The molecule has 1 fully saturated rings. The van der Waals surface area contributed by atoms with E-state index in [1.165, 1.54) is 0 Å². The number of nitrogens with zero attached hydrogens (tertiary/aromatic N) is 5. The molecule has 0 saturated heterocycles. The van der Waals surface area contributed by atoms with Crippen LogP contribution in [0.4, 0.5) is 4.79 Å². The van der Waals surface area contributed by atoms with E-state index in [9.17, 15) is 4.79 Å². The van der Waals surface area contributed by atoms with E-state index < -0.39 is 0 Å². The minimum atomic E-state index is 0.0473. The maximum absolute atomic E-state index is 12.3. The molecule has 0 spiro atoms. The van der Waals surface area contributed by atoms with Crippen LogP contribution in [0.5, 0.6) is 0 Å². The molecule has 21 heavy (non-hydrogen) atoms. The molecule has 1 saturated carbocycles. The molecule has 3 rings (SSSR count). The van der Waals surface area contributed by atoms with Crippen LogP contribution >= 0.6 is 0 Å². The number of urea groups is 1. The van der Waals surface area contributed by atoms with Gasteiger partial charge in [-0.1, -0.05) is 13.8 Å². The molecule has 1 aliphatic carbocycles. The third kappa shape index (κ3) is 3.01. The molecule has 1 aromatic heterocycles. The number of hydrogen-bond donors (Lipinski definition) is 1. The smallest absolute Gasteiger partial charge is 0.317 e. The van der Waals surface area contributed by atoms with E-state index >= 15 is 0 Å². The van der Waals surface area contributed by atoms with Gasteiger partial charge in [-0.05, 0) is 41.5 Å². The van der Waals surface area contributed by atoms with E-state index in [4.69, 9.17) is 0 Å². The van der Waals surface area contributed by atoms with Crippen LogP contribution in [0.15, 0.2) is 0 Å². The van der Waals surface area contributed by atoms with Crippen molar-refractivity contribution < 1.29 is 4.79 Å². The summed E-state index contributed by atoms with van der Waals surface area (Å²) in [5, 5.41) is 14.8. The molecule has 0 aromatic carbocycles. The average molecular weight is 292 g/mol. The summed E-state index contributed by atoms with van der Waals surface area (Å²) >= 11 is 0. The Labute approximate surface area is 125 Å². The molecule has 0 bridgehead atoms. The van der Waals surface area contributed by atoms with Crippen molar-refractivity contribution in [2.45, 2.75) is 64.6 Å². The molecular formula is C14H24N6O. The minimum absolute atomic E-state index is 0.0473. The summed E-state index contributed by atoms with van der Waals surface area (Å²) in [5.74, 6) is 0.917. The van der Waals surface area contributed by atoms with E-state index in [1.807, 2.05) is 16.6 Å². The Hall–Kier alpha value is -1.66. The number of aryl methyl sites for hydroxylation is 2. The molecule has 1 unspecified atom stereocenters. The fraction of sp³-hybridized carbons (Fsp3) is 0.857. The number of nitrogens with one attached hydrogen (secondary N) is 1. The number of tetrazole rings is 1. The molecule has 2 amide bonds. The first kappa shape index (κ1) is 14.3. The van der Waals surface area contributed by atoms with Gasteiger partial charge in [0.15, 0.2) is 5.82 Å². The second-order valence-corrected chi connectivity index (χ2v) is 7.13. The summed E-state index contributed by atoms with van der Waals surface area (Å²) in [6.45, 7) is 5.28. The van der Waals surface area contributed by atoms with Crippen LogP contribution in [-0.2, 0) is 13.0 Å². The predicted molar refractivity (Wildman–Crippen MR) is 77.6 cm³/mol. The van der Waals surface area contributed by atoms with Crippen molar-refractivity contribution in [2.24, 2.45) is 5.41 Å². The average Bonchev–Trinajstić information content (AvgIpc) is 2.77.